The monoisotopic (exact) mass is 258 g/mol. The Hall–Kier alpha value is -1.06. The van der Waals surface area contributed by atoms with Crippen LogP contribution < -0.4 is 0 Å². The van der Waals surface area contributed by atoms with E-state index in [1.165, 1.54) is 0 Å². The Balaban J connectivity index is 4.00. The topological polar surface area (TPSA) is 52.6 Å². The predicted octanol–water partition coefficient (Wildman–Crippen LogP) is 3.09. The van der Waals surface area contributed by atoms with Gasteiger partial charge in [0.15, 0.2) is 6.10 Å². The lowest BCUT2D eigenvalue weighted by Gasteiger charge is -2.16. The first-order chi connectivity index (χ1) is 8.51. The van der Waals surface area contributed by atoms with Crippen LogP contribution in [0.3, 0.4) is 0 Å². The number of carbonyl (C=O) groups excluding carboxylic acids is 2. The molecule has 0 aromatic carbocycles. The summed E-state index contributed by atoms with van der Waals surface area (Å²) in [7, 11) is 0. The molecular weight excluding hydrogens is 232 g/mol. The van der Waals surface area contributed by atoms with Crippen LogP contribution in [0.2, 0.25) is 0 Å². The highest BCUT2D eigenvalue weighted by molar-refractivity contribution is 5.79. The summed E-state index contributed by atoms with van der Waals surface area (Å²) in [5.41, 5.74) is 0. The summed E-state index contributed by atoms with van der Waals surface area (Å²) in [6.45, 7) is 8.17. The van der Waals surface area contributed by atoms with Gasteiger partial charge in [0.1, 0.15) is 0 Å². The lowest BCUT2D eigenvalue weighted by Crippen LogP contribution is -2.29. The van der Waals surface area contributed by atoms with Crippen molar-refractivity contribution in [3.63, 3.8) is 0 Å². The third-order valence-electron chi connectivity index (χ3n) is 2.45. The van der Waals surface area contributed by atoms with E-state index >= 15 is 0 Å². The highest BCUT2D eigenvalue weighted by atomic mass is 16.6. The Labute approximate surface area is 110 Å². The Morgan fingerprint density at radius 2 is 1.78 bits per heavy atom. The maximum absolute atomic E-state index is 11.6. The molecule has 0 unspecified atom stereocenters. The van der Waals surface area contributed by atoms with Crippen molar-refractivity contribution in [2.24, 2.45) is 5.92 Å². The summed E-state index contributed by atoms with van der Waals surface area (Å²) in [6.07, 6.45) is 2.95. The van der Waals surface area contributed by atoms with Gasteiger partial charge in [-0.1, -0.05) is 40.5 Å². The van der Waals surface area contributed by atoms with Crippen LogP contribution in [0.15, 0.2) is 0 Å². The summed E-state index contributed by atoms with van der Waals surface area (Å²) in [4.78, 5) is 23.1. The molecule has 106 valence electrons. The molecule has 0 aromatic rings. The van der Waals surface area contributed by atoms with Crippen LogP contribution in [-0.2, 0) is 19.1 Å². The SMILES string of the molecule is CCCCCC(=O)O[C@@H](CC)C(=O)OCC(C)C. The maximum Gasteiger partial charge on any atom is 0.347 e. The lowest BCUT2D eigenvalue weighted by atomic mass is 10.2. The second kappa shape index (κ2) is 9.92. The first-order valence-electron chi connectivity index (χ1n) is 6.87. The zero-order chi connectivity index (χ0) is 14.0. The van der Waals surface area contributed by atoms with Gasteiger partial charge in [-0.25, -0.2) is 4.79 Å². The van der Waals surface area contributed by atoms with Gasteiger partial charge >= 0.3 is 11.9 Å². The van der Waals surface area contributed by atoms with Crippen LogP contribution in [0, 0.1) is 5.92 Å². The molecule has 1 atom stereocenters. The number of esters is 2. The fourth-order valence-electron chi connectivity index (χ4n) is 1.38. The molecule has 0 saturated heterocycles. The molecule has 0 aliphatic heterocycles. The van der Waals surface area contributed by atoms with Crippen molar-refractivity contribution in [1.29, 1.82) is 0 Å². The summed E-state index contributed by atoms with van der Waals surface area (Å²) in [5.74, 6) is -0.460. The molecule has 0 heterocycles. The molecule has 0 bridgehead atoms. The van der Waals surface area contributed by atoms with Crippen molar-refractivity contribution in [2.75, 3.05) is 6.61 Å². The van der Waals surface area contributed by atoms with Gasteiger partial charge in [-0.3, -0.25) is 4.79 Å². The highest BCUT2D eigenvalue weighted by Gasteiger charge is 2.22. The van der Waals surface area contributed by atoms with Gasteiger partial charge in [-0.15, -0.1) is 0 Å². The average molecular weight is 258 g/mol. The first-order valence-corrected chi connectivity index (χ1v) is 6.87. The average Bonchev–Trinajstić information content (AvgIpc) is 2.33. The molecule has 0 aliphatic carbocycles. The van der Waals surface area contributed by atoms with Gasteiger partial charge in [0.05, 0.1) is 6.61 Å². The van der Waals surface area contributed by atoms with Crippen molar-refractivity contribution in [3.8, 4) is 0 Å². The Bertz CT molecular complexity index is 248. The number of rotatable bonds is 9. The Morgan fingerprint density at radius 1 is 1.11 bits per heavy atom. The van der Waals surface area contributed by atoms with Crippen molar-refractivity contribution in [1.82, 2.24) is 0 Å². The standard InChI is InChI=1S/C14H26O4/c1-5-7-8-9-13(15)18-12(6-2)14(16)17-10-11(3)4/h11-12H,5-10H2,1-4H3/t12-/m0/s1. The molecule has 4 nitrogen and oxygen atoms in total. The first kappa shape index (κ1) is 16.9. The van der Waals surface area contributed by atoms with E-state index in [-0.39, 0.29) is 11.9 Å². The smallest absolute Gasteiger partial charge is 0.347 e. The van der Waals surface area contributed by atoms with Crippen molar-refractivity contribution < 1.29 is 19.1 Å². The minimum atomic E-state index is -0.752. The molecule has 0 N–H and O–H groups in total. The highest BCUT2D eigenvalue weighted by Crippen LogP contribution is 2.07. The van der Waals surface area contributed by atoms with Gasteiger partial charge in [0.2, 0.25) is 0 Å². The summed E-state index contributed by atoms with van der Waals surface area (Å²) < 4.78 is 10.2. The predicted molar refractivity (Wildman–Crippen MR) is 70.1 cm³/mol. The van der Waals surface area contributed by atoms with Gasteiger partial charge in [0, 0.05) is 6.42 Å². The van der Waals surface area contributed by atoms with Gasteiger partial charge in [-0.05, 0) is 18.8 Å². The van der Waals surface area contributed by atoms with Gasteiger partial charge < -0.3 is 9.47 Å². The maximum atomic E-state index is 11.6. The van der Waals surface area contributed by atoms with Crippen LogP contribution in [0.5, 0.6) is 0 Å². The van der Waals surface area contributed by atoms with Crippen LogP contribution in [-0.4, -0.2) is 24.6 Å². The number of ether oxygens (including phenoxy) is 2. The fourth-order valence-corrected chi connectivity index (χ4v) is 1.38. The van der Waals surface area contributed by atoms with E-state index in [0.29, 0.717) is 19.4 Å². The van der Waals surface area contributed by atoms with Crippen LogP contribution >= 0.6 is 0 Å². The molecule has 4 heteroatoms. The molecule has 18 heavy (non-hydrogen) atoms. The van der Waals surface area contributed by atoms with E-state index in [1.807, 2.05) is 13.8 Å². The quantitative estimate of drug-likeness (QED) is 0.471. The minimum absolute atomic E-state index is 0.284. The molecule has 0 aromatic heterocycles. The zero-order valence-corrected chi connectivity index (χ0v) is 12.0. The molecule has 0 radical (unpaired) electrons. The molecule has 0 fully saturated rings. The lowest BCUT2D eigenvalue weighted by molar-refractivity contribution is -0.168. The van der Waals surface area contributed by atoms with Gasteiger partial charge in [-0.2, -0.15) is 0 Å². The summed E-state index contributed by atoms with van der Waals surface area (Å²) in [5, 5.41) is 0. The van der Waals surface area contributed by atoms with Crippen molar-refractivity contribution in [3.05, 3.63) is 0 Å². The largest absolute Gasteiger partial charge is 0.463 e. The molecule has 0 saturated carbocycles. The second-order valence-corrected chi connectivity index (χ2v) is 4.87. The summed E-state index contributed by atoms with van der Waals surface area (Å²) >= 11 is 0. The van der Waals surface area contributed by atoms with Gasteiger partial charge in [0.25, 0.3) is 0 Å². The van der Waals surface area contributed by atoms with E-state index in [2.05, 4.69) is 6.92 Å². The number of unbranched alkanes of at least 4 members (excludes halogenated alkanes) is 2. The van der Waals surface area contributed by atoms with E-state index < -0.39 is 12.1 Å². The number of hydrogen-bond donors (Lipinski definition) is 0. The normalized spacial score (nSPS) is 12.3. The van der Waals surface area contributed by atoms with E-state index in [1.54, 1.807) is 6.92 Å². The fraction of sp³-hybridized carbons (Fsp3) is 0.857. The Kier molecular flexibility index (Phi) is 9.33. The van der Waals surface area contributed by atoms with Crippen LogP contribution in [0.25, 0.3) is 0 Å². The van der Waals surface area contributed by atoms with E-state index in [4.69, 9.17) is 9.47 Å². The molecule has 0 amide bonds. The van der Waals surface area contributed by atoms with Crippen LogP contribution in [0.1, 0.15) is 59.8 Å². The summed E-state index contributed by atoms with van der Waals surface area (Å²) in [6, 6.07) is 0. The number of hydrogen-bond acceptors (Lipinski definition) is 4. The molecule has 0 aliphatic rings. The number of carbonyl (C=O) groups is 2. The third-order valence-corrected chi connectivity index (χ3v) is 2.45. The van der Waals surface area contributed by atoms with Crippen LogP contribution in [0.4, 0.5) is 0 Å². The Morgan fingerprint density at radius 3 is 2.28 bits per heavy atom. The molecule has 0 rings (SSSR count). The minimum Gasteiger partial charge on any atom is -0.463 e. The van der Waals surface area contributed by atoms with Crippen molar-refractivity contribution >= 4 is 11.9 Å². The van der Waals surface area contributed by atoms with Crippen molar-refractivity contribution in [2.45, 2.75) is 65.9 Å². The third kappa shape index (κ3) is 8.09. The molecule has 0 spiro atoms. The second-order valence-electron chi connectivity index (χ2n) is 4.87. The molecular formula is C14H26O4. The zero-order valence-electron chi connectivity index (χ0n) is 12.0. The van der Waals surface area contributed by atoms with E-state index in [0.717, 1.165) is 19.3 Å². The van der Waals surface area contributed by atoms with E-state index in [9.17, 15) is 9.59 Å².